The van der Waals surface area contributed by atoms with Crippen LogP contribution in [0.2, 0.25) is 0 Å². The number of amides is 1. The van der Waals surface area contributed by atoms with Gasteiger partial charge in [-0.05, 0) is 59.0 Å². The van der Waals surface area contributed by atoms with Crippen molar-refractivity contribution in [3.63, 3.8) is 0 Å². The predicted molar refractivity (Wildman–Crippen MR) is 143 cm³/mol. The molecular formula is C28H26N4O2S. The monoisotopic (exact) mass is 482 g/mol. The van der Waals surface area contributed by atoms with Crippen LogP contribution < -0.4 is 20.9 Å². The van der Waals surface area contributed by atoms with Crippen molar-refractivity contribution in [2.75, 3.05) is 11.9 Å². The summed E-state index contributed by atoms with van der Waals surface area (Å²) in [5.41, 5.74) is 9.75. The highest BCUT2D eigenvalue weighted by Crippen LogP contribution is 2.30. The van der Waals surface area contributed by atoms with Gasteiger partial charge >= 0.3 is 0 Å². The SMILES string of the molecule is N=C(N)c1cccc(OCC(C(=O)Nc2ccc(-c3ccccc3SN)cc2)c2ccccc2)c1. The number of nitrogen functional groups attached to an aromatic ring is 1. The summed E-state index contributed by atoms with van der Waals surface area (Å²) in [4.78, 5) is 14.3. The fourth-order valence-electron chi connectivity index (χ4n) is 3.71. The number of carbonyl (C=O) groups is 1. The molecular weight excluding hydrogens is 456 g/mol. The molecule has 1 unspecified atom stereocenters. The minimum atomic E-state index is -0.536. The van der Waals surface area contributed by atoms with Gasteiger partial charge in [0.05, 0.1) is 5.92 Å². The van der Waals surface area contributed by atoms with Gasteiger partial charge in [0.2, 0.25) is 5.91 Å². The zero-order valence-electron chi connectivity index (χ0n) is 19.0. The van der Waals surface area contributed by atoms with Crippen LogP contribution in [0.5, 0.6) is 5.75 Å². The van der Waals surface area contributed by atoms with Crippen molar-refractivity contribution in [1.82, 2.24) is 0 Å². The van der Waals surface area contributed by atoms with Gasteiger partial charge in [-0.15, -0.1) is 0 Å². The minimum Gasteiger partial charge on any atom is -0.492 e. The molecule has 0 fully saturated rings. The van der Waals surface area contributed by atoms with Gasteiger partial charge in [0.25, 0.3) is 0 Å². The quantitative estimate of drug-likeness (QED) is 0.145. The Morgan fingerprint density at radius 1 is 0.914 bits per heavy atom. The first-order valence-electron chi connectivity index (χ1n) is 11.0. The first kappa shape index (κ1) is 24.1. The number of nitrogens with two attached hydrogens (primary N) is 2. The Morgan fingerprint density at radius 3 is 2.34 bits per heavy atom. The molecule has 0 aliphatic rings. The van der Waals surface area contributed by atoms with Crippen molar-refractivity contribution in [2.24, 2.45) is 10.9 Å². The molecule has 0 aliphatic carbocycles. The topological polar surface area (TPSA) is 114 Å². The maximum Gasteiger partial charge on any atom is 0.235 e. The molecule has 176 valence electrons. The third kappa shape index (κ3) is 6.09. The van der Waals surface area contributed by atoms with Gasteiger partial charge in [0.1, 0.15) is 18.2 Å². The standard InChI is InChI=1S/C28H26N4O2S/c29-27(30)21-9-6-10-23(17-21)34-18-25(19-7-2-1-3-8-19)28(33)32-22-15-13-20(14-16-22)24-11-4-5-12-26(24)35-31/h1-17,25H,18,31H2,(H3,29,30)(H,32,33). The highest BCUT2D eigenvalue weighted by molar-refractivity contribution is 7.97. The van der Waals surface area contributed by atoms with Crippen LogP contribution in [0.4, 0.5) is 5.69 Å². The Balaban J connectivity index is 1.51. The summed E-state index contributed by atoms with van der Waals surface area (Å²) in [7, 11) is 0. The van der Waals surface area contributed by atoms with E-state index in [0.717, 1.165) is 21.6 Å². The molecule has 0 saturated heterocycles. The lowest BCUT2D eigenvalue weighted by Crippen LogP contribution is -2.26. The molecule has 6 nitrogen and oxygen atoms in total. The highest BCUT2D eigenvalue weighted by Gasteiger charge is 2.22. The first-order valence-corrected chi connectivity index (χ1v) is 11.9. The summed E-state index contributed by atoms with van der Waals surface area (Å²) in [5, 5.41) is 16.4. The number of hydrogen-bond acceptors (Lipinski definition) is 5. The summed E-state index contributed by atoms with van der Waals surface area (Å²) in [6.07, 6.45) is 0. The van der Waals surface area contributed by atoms with E-state index in [-0.39, 0.29) is 18.3 Å². The molecule has 0 aliphatic heterocycles. The van der Waals surface area contributed by atoms with Gasteiger partial charge in [-0.3, -0.25) is 15.3 Å². The average Bonchev–Trinajstić information content (AvgIpc) is 2.90. The third-order valence-electron chi connectivity index (χ3n) is 5.56. The largest absolute Gasteiger partial charge is 0.492 e. The van der Waals surface area contributed by atoms with Gasteiger partial charge < -0.3 is 15.8 Å². The molecule has 4 aromatic carbocycles. The normalized spacial score (nSPS) is 11.5. The molecule has 1 atom stereocenters. The van der Waals surface area contributed by atoms with Gasteiger partial charge in [0.15, 0.2) is 0 Å². The Morgan fingerprint density at radius 2 is 1.63 bits per heavy atom. The molecule has 1 amide bonds. The molecule has 0 saturated carbocycles. The van der Waals surface area contributed by atoms with Crippen LogP contribution in [0.3, 0.4) is 0 Å². The van der Waals surface area contributed by atoms with E-state index < -0.39 is 5.92 Å². The van der Waals surface area contributed by atoms with E-state index in [4.69, 9.17) is 21.0 Å². The van der Waals surface area contributed by atoms with Crippen molar-refractivity contribution in [3.8, 4) is 16.9 Å². The molecule has 7 heteroatoms. The van der Waals surface area contributed by atoms with Crippen LogP contribution in [0.15, 0.2) is 108 Å². The minimum absolute atomic E-state index is 0.0380. The van der Waals surface area contributed by atoms with E-state index in [9.17, 15) is 4.79 Å². The summed E-state index contributed by atoms with van der Waals surface area (Å²) in [5.74, 6) is -0.202. The molecule has 4 aromatic rings. The van der Waals surface area contributed by atoms with Crippen molar-refractivity contribution in [2.45, 2.75) is 10.8 Å². The molecule has 4 rings (SSSR count). The van der Waals surface area contributed by atoms with Gasteiger partial charge in [-0.25, -0.2) is 0 Å². The molecule has 0 spiro atoms. The number of benzene rings is 4. The summed E-state index contributed by atoms with van der Waals surface area (Å²) >= 11 is 1.21. The number of hydrogen-bond donors (Lipinski definition) is 4. The number of ether oxygens (including phenoxy) is 1. The van der Waals surface area contributed by atoms with Crippen LogP contribution in [-0.4, -0.2) is 18.3 Å². The van der Waals surface area contributed by atoms with Crippen molar-refractivity contribution >= 4 is 29.4 Å². The lowest BCUT2D eigenvalue weighted by molar-refractivity contribution is -0.118. The molecule has 35 heavy (non-hydrogen) atoms. The van der Waals surface area contributed by atoms with Crippen molar-refractivity contribution in [3.05, 3.63) is 114 Å². The molecule has 0 bridgehead atoms. The Labute approximate surface area is 209 Å². The number of rotatable bonds is 9. The number of amidine groups is 1. The Kier molecular flexibility index (Phi) is 7.82. The first-order chi connectivity index (χ1) is 17.0. The van der Waals surface area contributed by atoms with Crippen LogP contribution in [0.25, 0.3) is 11.1 Å². The van der Waals surface area contributed by atoms with E-state index >= 15 is 0 Å². The Hall–Kier alpha value is -4.07. The lowest BCUT2D eigenvalue weighted by atomic mass is 9.98. The second kappa shape index (κ2) is 11.4. The van der Waals surface area contributed by atoms with Crippen molar-refractivity contribution < 1.29 is 9.53 Å². The van der Waals surface area contributed by atoms with Crippen LogP contribution >= 0.6 is 11.9 Å². The van der Waals surface area contributed by atoms with Gasteiger partial charge in [-0.1, -0.05) is 72.8 Å². The fourth-order valence-corrected chi connectivity index (χ4v) is 4.18. The maximum absolute atomic E-state index is 13.3. The second-order valence-electron chi connectivity index (χ2n) is 7.90. The highest BCUT2D eigenvalue weighted by atomic mass is 32.2. The van der Waals surface area contributed by atoms with Gasteiger partial charge in [-0.2, -0.15) is 0 Å². The average molecular weight is 483 g/mol. The number of carbonyl (C=O) groups excluding carboxylic acids is 1. The molecule has 0 radical (unpaired) electrons. The van der Waals surface area contributed by atoms with Crippen LogP contribution in [0.1, 0.15) is 17.0 Å². The van der Waals surface area contributed by atoms with E-state index in [1.54, 1.807) is 24.3 Å². The number of nitrogens with one attached hydrogen (secondary N) is 2. The van der Waals surface area contributed by atoms with Crippen molar-refractivity contribution in [1.29, 1.82) is 5.41 Å². The van der Waals surface area contributed by atoms with E-state index in [0.29, 0.717) is 17.0 Å². The van der Waals surface area contributed by atoms with Crippen LogP contribution in [-0.2, 0) is 4.79 Å². The molecule has 6 N–H and O–H groups in total. The third-order valence-corrected chi connectivity index (χ3v) is 6.17. The summed E-state index contributed by atoms with van der Waals surface area (Å²) < 4.78 is 5.95. The zero-order valence-corrected chi connectivity index (χ0v) is 19.8. The zero-order chi connectivity index (χ0) is 24.6. The molecule has 0 aromatic heterocycles. The van der Waals surface area contributed by atoms with E-state index in [2.05, 4.69) is 5.32 Å². The lowest BCUT2D eigenvalue weighted by Gasteiger charge is -2.19. The summed E-state index contributed by atoms with van der Waals surface area (Å²) in [6.45, 7) is 0.135. The van der Waals surface area contributed by atoms with E-state index in [1.165, 1.54) is 11.9 Å². The predicted octanol–water partition coefficient (Wildman–Crippen LogP) is 5.40. The molecule has 0 heterocycles. The van der Waals surface area contributed by atoms with E-state index in [1.807, 2.05) is 78.9 Å². The van der Waals surface area contributed by atoms with Gasteiger partial charge in [0, 0.05) is 16.1 Å². The maximum atomic E-state index is 13.3. The second-order valence-corrected chi connectivity index (χ2v) is 8.57. The summed E-state index contributed by atoms with van der Waals surface area (Å²) in [6, 6.07) is 32.1. The van der Waals surface area contributed by atoms with Crippen LogP contribution in [0, 0.1) is 5.41 Å². The Bertz CT molecular complexity index is 1310. The smallest absolute Gasteiger partial charge is 0.235 e. The fraction of sp³-hybridized carbons (Fsp3) is 0.0714. The number of anilines is 1.